The molecule has 1 heterocycles. The highest BCUT2D eigenvalue weighted by Crippen LogP contribution is 2.28. The fraction of sp³-hybridized carbons (Fsp3) is 0.0556. The SMILES string of the molecule is Cc1cc([N+](=O)[O-])ccc1-c1ccc(C(=O)Nc2ccc(F)cc2)o1. The van der Waals surface area contributed by atoms with Crippen molar-refractivity contribution in [3.8, 4) is 11.3 Å². The van der Waals surface area contributed by atoms with Crippen LogP contribution in [0, 0.1) is 22.9 Å². The number of hydrogen-bond donors (Lipinski definition) is 1. The summed E-state index contributed by atoms with van der Waals surface area (Å²) in [7, 11) is 0. The summed E-state index contributed by atoms with van der Waals surface area (Å²) in [5.74, 6) is -0.363. The number of aryl methyl sites for hydroxylation is 1. The molecule has 6 nitrogen and oxygen atoms in total. The Morgan fingerprint density at radius 1 is 1.12 bits per heavy atom. The zero-order chi connectivity index (χ0) is 18.0. The van der Waals surface area contributed by atoms with Crippen molar-refractivity contribution in [3.05, 3.63) is 81.9 Å². The number of hydrogen-bond acceptors (Lipinski definition) is 4. The fourth-order valence-electron chi connectivity index (χ4n) is 2.37. The molecule has 0 aliphatic heterocycles. The van der Waals surface area contributed by atoms with Crippen LogP contribution < -0.4 is 5.32 Å². The molecule has 1 amide bonds. The average Bonchev–Trinajstić information content (AvgIpc) is 3.06. The van der Waals surface area contributed by atoms with E-state index in [0.717, 1.165) is 0 Å². The molecule has 0 spiro atoms. The van der Waals surface area contributed by atoms with Gasteiger partial charge in [-0.1, -0.05) is 0 Å². The monoisotopic (exact) mass is 340 g/mol. The third-order valence-electron chi connectivity index (χ3n) is 3.62. The van der Waals surface area contributed by atoms with E-state index in [1.54, 1.807) is 19.1 Å². The van der Waals surface area contributed by atoms with E-state index in [1.807, 2.05) is 0 Å². The number of benzene rings is 2. The van der Waals surface area contributed by atoms with Crippen LogP contribution in [0.3, 0.4) is 0 Å². The Hall–Kier alpha value is -3.48. The van der Waals surface area contributed by atoms with E-state index in [4.69, 9.17) is 4.42 Å². The van der Waals surface area contributed by atoms with E-state index in [0.29, 0.717) is 22.6 Å². The molecule has 1 aromatic heterocycles. The number of amides is 1. The van der Waals surface area contributed by atoms with Gasteiger partial charge in [0.15, 0.2) is 5.76 Å². The predicted molar refractivity (Wildman–Crippen MR) is 89.9 cm³/mol. The van der Waals surface area contributed by atoms with E-state index in [9.17, 15) is 19.3 Å². The highest BCUT2D eigenvalue weighted by Gasteiger charge is 2.15. The van der Waals surface area contributed by atoms with Crippen molar-refractivity contribution in [2.24, 2.45) is 0 Å². The van der Waals surface area contributed by atoms with Crippen LogP contribution in [0.2, 0.25) is 0 Å². The van der Waals surface area contributed by atoms with Crippen molar-refractivity contribution in [3.63, 3.8) is 0 Å². The molecule has 7 heteroatoms. The Balaban J connectivity index is 1.81. The van der Waals surface area contributed by atoms with E-state index in [1.165, 1.54) is 42.5 Å². The zero-order valence-corrected chi connectivity index (χ0v) is 13.2. The second-order valence-corrected chi connectivity index (χ2v) is 5.38. The molecule has 0 atom stereocenters. The molecule has 3 aromatic rings. The Morgan fingerprint density at radius 3 is 2.48 bits per heavy atom. The van der Waals surface area contributed by atoms with Gasteiger partial charge >= 0.3 is 0 Å². The first-order valence-electron chi connectivity index (χ1n) is 7.36. The van der Waals surface area contributed by atoms with Gasteiger partial charge in [-0.15, -0.1) is 0 Å². The molecule has 0 unspecified atom stereocenters. The van der Waals surface area contributed by atoms with Crippen molar-refractivity contribution in [1.29, 1.82) is 0 Å². The standard InChI is InChI=1S/C18H13FN2O4/c1-11-10-14(21(23)24)6-7-15(11)16-8-9-17(25-16)18(22)20-13-4-2-12(19)3-5-13/h2-10H,1H3,(H,20,22). The molecule has 25 heavy (non-hydrogen) atoms. The molecule has 1 N–H and O–H groups in total. The van der Waals surface area contributed by atoms with Gasteiger partial charge in [-0.05, 0) is 55.0 Å². The van der Waals surface area contributed by atoms with Crippen molar-refractivity contribution in [2.45, 2.75) is 6.92 Å². The number of nitro benzene ring substituents is 1. The Labute approximate surface area is 142 Å². The summed E-state index contributed by atoms with van der Waals surface area (Å²) in [6.45, 7) is 1.73. The molecule has 126 valence electrons. The number of carbonyl (C=O) groups is 1. The Kier molecular flexibility index (Phi) is 4.30. The lowest BCUT2D eigenvalue weighted by Crippen LogP contribution is -2.10. The number of nitrogens with zero attached hydrogens (tertiary/aromatic N) is 1. The molecule has 0 radical (unpaired) electrons. The summed E-state index contributed by atoms with van der Waals surface area (Å²) in [6, 6.07) is 12.9. The van der Waals surface area contributed by atoms with E-state index >= 15 is 0 Å². The van der Waals surface area contributed by atoms with E-state index in [2.05, 4.69) is 5.32 Å². The Bertz CT molecular complexity index is 948. The van der Waals surface area contributed by atoms with Crippen LogP contribution in [-0.4, -0.2) is 10.8 Å². The van der Waals surface area contributed by atoms with Crippen molar-refractivity contribution >= 4 is 17.3 Å². The first-order valence-corrected chi connectivity index (χ1v) is 7.36. The average molecular weight is 340 g/mol. The summed E-state index contributed by atoms with van der Waals surface area (Å²) >= 11 is 0. The number of nitrogens with one attached hydrogen (secondary N) is 1. The molecule has 0 fully saturated rings. The highest BCUT2D eigenvalue weighted by atomic mass is 19.1. The van der Waals surface area contributed by atoms with Crippen molar-refractivity contribution in [2.75, 3.05) is 5.32 Å². The minimum atomic E-state index is -0.475. The van der Waals surface area contributed by atoms with Crippen LogP contribution in [0.1, 0.15) is 16.1 Å². The molecule has 0 aliphatic rings. The quantitative estimate of drug-likeness (QED) is 0.557. The molecule has 2 aromatic carbocycles. The van der Waals surface area contributed by atoms with Gasteiger partial charge in [0.05, 0.1) is 4.92 Å². The number of furan rings is 1. The van der Waals surface area contributed by atoms with Crippen LogP contribution in [0.4, 0.5) is 15.8 Å². The molecular weight excluding hydrogens is 327 g/mol. The van der Waals surface area contributed by atoms with Crippen LogP contribution in [-0.2, 0) is 0 Å². The topological polar surface area (TPSA) is 85.4 Å². The third-order valence-corrected chi connectivity index (χ3v) is 3.62. The fourth-order valence-corrected chi connectivity index (χ4v) is 2.37. The number of anilines is 1. The summed E-state index contributed by atoms with van der Waals surface area (Å²) in [6.07, 6.45) is 0. The molecule has 3 rings (SSSR count). The van der Waals surface area contributed by atoms with Gasteiger partial charge in [-0.25, -0.2) is 4.39 Å². The highest BCUT2D eigenvalue weighted by molar-refractivity contribution is 6.02. The van der Waals surface area contributed by atoms with Crippen LogP contribution in [0.25, 0.3) is 11.3 Å². The second kappa shape index (κ2) is 6.56. The predicted octanol–water partition coefficient (Wildman–Crippen LogP) is 4.55. The van der Waals surface area contributed by atoms with E-state index < -0.39 is 16.6 Å². The molecule has 0 bridgehead atoms. The third kappa shape index (κ3) is 3.55. The maximum Gasteiger partial charge on any atom is 0.291 e. The van der Waals surface area contributed by atoms with Crippen molar-refractivity contribution < 1.29 is 18.5 Å². The number of rotatable bonds is 4. The van der Waals surface area contributed by atoms with Gasteiger partial charge in [-0.2, -0.15) is 0 Å². The number of nitro groups is 1. The molecular formula is C18H13FN2O4. The zero-order valence-electron chi connectivity index (χ0n) is 13.2. The summed E-state index contributed by atoms with van der Waals surface area (Å²) < 4.78 is 18.4. The van der Waals surface area contributed by atoms with Crippen LogP contribution in [0.5, 0.6) is 0 Å². The van der Waals surface area contributed by atoms with Gasteiger partial charge in [-0.3, -0.25) is 14.9 Å². The lowest BCUT2D eigenvalue weighted by atomic mass is 10.1. The lowest BCUT2D eigenvalue weighted by molar-refractivity contribution is -0.384. The van der Waals surface area contributed by atoms with Gasteiger partial charge in [0.25, 0.3) is 11.6 Å². The van der Waals surface area contributed by atoms with Gasteiger partial charge in [0.1, 0.15) is 11.6 Å². The Morgan fingerprint density at radius 2 is 1.84 bits per heavy atom. The summed E-state index contributed by atoms with van der Waals surface area (Å²) in [5, 5.41) is 13.4. The largest absolute Gasteiger partial charge is 0.451 e. The first kappa shape index (κ1) is 16.4. The maximum absolute atomic E-state index is 12.9. The van der Waals surface area contributed by atoms with E-state index in [-0.39, 0.29) is 11.4 Å². The van der Waals surface area contributed by atoms with Gasteiger partial charge in [0.2, 0.25) is 0 Å². The number of carbonyl (C=O) groups excluding carboxylic acids is 1. The van der Waals surface area contributed by atoms with Gasteiger partial charge in [0, 0.05) is 23.4 Å². The molecule has 0 saturated heterocycles. The molecule has 0 saturated carbocycles. The maximum atomic E-state index is 12.9. The number of halogens is 1. The van der Waals surface area contributed by atoms with Crippen molar-refractivity contribution in [1.82, 2.24) is 0 Å². The minimum Gasteiger partial charge on any atom is -0.451 e. The number of non-ortho nitro benzene ring substituents is 1. The normalized spacial score (nSPS) is 10.5. The smallest absolute Gasteiger partial charge is 0.291 e. The van der Waals surface area contributed by atoms with Crippen LogP contribution >= 0.6 is 0 Å². The lowest BCUT2D eigenvalue weighted by Gasteiger charge is -2.04. The van der Waals surface area contributed by atoms with Gasteiger partial charge < -0.3 is 9.73 Å². The minimum absolute atomic E-state index is 0.0120. The molecule has 0 aliphatic carbocycles. The first-order chi connectivity index (χ1) is 11.9. The summed E-state index contributed by atoms with van der Waals surface area (Å²) in [4.78, 5) is 22.5. The summed E-state index contributed by atoms with van der Waals surface area (Å²) in [5.41, 5.74) is 1.75. The van der Waals surface area contributed by atoms with Crippen LogP contribution in [0.15, 0.2) is 59.0 Å². The second-order valence-electron chi connectivity index (χ2n) is 5.38.